The molecule has 0 fully saturated rings. The third-order valence-electron chi connectivity index (χ3n) is 3.99. The fourth-order valence-electron chi connectivity index (χ4n) is 2.83. The van der Waals surface area contributed by atoms with Gasteiger partial charge in [-0.1, -0.05) is 24.3 Å². The van der Waals surface area contributed by atoms with E-state index < -0.39 is 0 Å². The number of hydrogen-bond acceptors (Lipinski definition) is 5. The van der Waals surface area contributed by atoms with Crippen molar-refractivity contribution in [2.24, 2.45) is 0 Å². The van der Waals surface area contributed by atoms with Crippen LogP contribution in [0.25, 0.3) is 33.3 Å². The molecule has 5 nitrogen and oxygen atoms in total. The Morgan fingerprint density at radius 3 is 2.79 bits per heavy atom. The van der Waals surface area contributed by atoms with Crippen molar-refractivity contribution in [3.05, 3.63) is 58.8 Å². The molecule has 120 valence electrons. The Bertz CT molecular complexity index is 1060. The smallest absolute Gasteiger partial charge is 0.190 e. The molecule has 0 aromatic heterocycles. The van der Waals surface area contributed by atoms with Gasteiger partial charge in [0.25, 0.3) is 0 Å². The highest BCUT2D eigenvalue weighted by atomic mass is 16.5. The van der Waals surface area contributed by atoms with Crippen LogP contribution in [0.4, 0.5) is 5.69 Å². The SMILES string of the molecule is COCCNc1ccc2nc3c4ccccc4c(=O)cc-3oc2c1. The zero-order chi connectivity index (χ0) is 16.5. The lowest BCUT2D eigenvalue weighted by Crippen LogP contribution is -2.07. The molecule has 24 heavy (non-hydrogen) atoms. The Balaban J connectivity index is 1.89. The van der Waals surface area contributed by atoms with E-state index in [9.17, 15) is 4.79 Å². The van der Waals surface area contributed by atoms with Crippen molar-refractivity contribution in [3.63, 3.8) is 0 Å². The van der Waals surface area contributed by atoms with E-state index in [0.29, 0.717) is 35.6 Å². The fraction of sp³-hybridized carbons (Fsp3) is 0.158. The number of rotatable bonds is 4. The molecule has 1 aliphatic heterocycles. The van der Waals surface area contributed by atoms with Crippen LogP contribution < -0.4 is 10.7 Å². The maximum Gasteiger partial charge on any atom is 0.190 e. The van der Waals surface area contributed by atoms with E-state index in [4.69, 9.17) is 14.1 Å². The van der Waals surface area contributed by atoms with Gasteiger partial charge in [-0.3, -0.25) is 4.79 Å². The van der Waals surface area contributed by atoms with E-state index in [1.807, 2.05) is 42.5 Å². The van der Waals surface area contributed by atoms with E-state index >= 15 is 0 Å². The topological polar surface area (TPSA) is 64.4 Å². The highest BCUT2D eigenvalue weighted by Gasteiger charge is 2.15. The van der Waals surface area contributed by atoms with E-state index in [2.05, 4.69) is 5.32 Å². The molecule has 2 aromatic rings. The molecule has 0 saturated carbocycles. The Morgan fingerprint density at radius 2 is 1.96 bits per heavy atom. The van der Waals surface area contributed by atoms with Crippen molar-refractivity contribution in [1.82, 2.24) is 4.98 Å². The van der Waals surface area contributed by atoms with Gasteiger partial charge >= 0.3 is 0 Å². The lowest BCUT2D eigenvalue weighted by Gasteiger charge is -2.11. The first-order chi connectivity index (χ1) is 11.8. The van der Waals surface area contributed by atoms with Crippen molar-refractivity contribution >= 4 is 27.6 Å². The number of benzene rings is 3. The van der Waals surface area contributed by atoms with Gasteiger partial charge in [0, 0.05) is 42.2 Å². The van der Waals surface area contributed by atoms with Crippen molar-refractivity contribution < 1.29 is 9.15 Å². The molecule has 1 N–H and O–H groups in total. The first kappa shape index (κ1) is 14.7. The largest absolute Gasteiger partial charge is 0.453 e. The third-order valence-corrected chi connectivity index (χ3v) is 3.99. The summed E-state index contributed by atoms with van der Waals surface area (Å²) in [6.07, 6.45) is 0. The predicted molar refractivity (Wildman–Crippen MR) is 94.8 cm³/mol. The van der Waals surface area contributed by atoms with Crippen LogP contribution in [0.3, 0.4) is 0 Å². The van der Waals surface area contributed by atoms with E-state index in [-0.39, 0.29) is 5.43 Å². The van der Waals surface area contributed by atoms with Crippen LogP contribution >= 0.6 is 0 Å². The second-order valence-electron chi connectivity index (χ2n) is 5.58. The van der Waals surface area contributed by atoms with Crippen LogP contribution in [-0.4, -0.2) is 25.2 Å². The molecule has 0 bridgehead atoms. The number of hydrogen-bond donors (Lipinski definition) is 1. The average Bonchev–Trinajstić information content (AvgIpc) is 2.61. The lowest BCUT2D eigenvalue weighted by molar-refractivity contribution is 0.211. The summed E-state index contributed by atoms with van der Waals surface area (Å²) >= 11 is 0. The van der Waals surface area contributed by atoms with Crippen LogP contribution in [0, 0.1) is 0 Å². The second-order valence-corrected chi connectivity index (χ2v) is 5.58. The summed E-state index contributed by atoms with van der Waals surface area (Å²) in [6.45, 7) is 1.33. The molecule has 2 aromatic carbocycles. The molecule has 4 rings (SSSR count). The zero-order valence-corrected chi connectivity index (χ0v) is 13.2. The lowest BCUT2D eigenvalue weighted by atomic mass is 10.0. The van der Waals surface area contributed by atoms with Gasteiger partial charge < -0.3 is 14.5 Å². The molecular formula is C19H16N2O3. The number of methoxy groups -OCH3 is 1. The monoisotopic (exact) mass is 320 g/mol. The molecule has 0 amide bonds. The Labute approximate surface area is 138 Å². The van der Waals surface area contributed by atoms with Crippen LogP contribution in [0.2, 0.25) is 0 Å². The molecule has 2 aliphatic rings. The normalized spacial score (nSPS) is 11.4. The molecule has 0 radical (unpaired) electrons. The van der Waals surface area contributed by atoms with Gasteiger partial charge in [-0.2, -0.15) is 0 Å². The molecule has 5 heteroatoms. The first-order valence-corrected chi connectivity index (χ1v) is 7.75. The summed E-state index contributed by atoms with van der Waals surface area (Å²) in [5.74, 6) is 0.500. The number of aromatic nitrogens is 1. The molecule has 0 atom stereocenters. The average molecular weight is 320 g/mol. The zero-order valence-electron chi connectivity index (χ0n) is 13.2. The summed E-state index contributed by atoms with van der Waals surface area (Å²) in [5, 5.41) is 4.72. The van der Waals surface area contributed by atoms with Crippen LogP contribution in [0.1, 0.15) is 0 Å². The number of nitrogens with one attached hydrogen (secondary N) is 1. The Hall–Kier alpha value is -2.92. The maximum absolute atomic E-state index is 12.3. The van der Waals surface area contributed by atoms with Crippen LogP contribution in [-0.2, 0) is 4.74 Å². The van der Waals surface area contributed by atoms with Crippen molar-refractivity contribution in [3.8, 4) is 11.5 Å². The predicted octanol–water partition coefficient (Wildman–Crippen LogP) is 3.50. The summed E-state index contributed by atoms with van der Waals surface area (Å²) < 4.78 is 11.0. The second kappa shape index (κ2) is 5.94. The number of anilines is 1. The minimum atomic E-state index is -0.0580. The Morgan fingerprint density at radius 1 is 1.12 bits per heavy atom. The molecule has 0 saturated heterocycles. The summed E-state index contributed by atoms with van der Waals surface area (Å²) in [6, 6.07) is 14.7. The van der Waals surface area contributed by atoms with Gasteiger partial charge in [0.1, 0.15) is 11.2 Å². The highest BCUT2D eigenvalue weighted by Crippen LogP contribution is 2.30. The van der Waals surface area contributed by atoms with Gasteiger partial charge in [-0.25, -0.2) is 4.98 Å². The summed E-state index contributed by atoms with van der Waals surface area (Å²) in [4.78, 5) is 17.0. The van der Waals surface area contributed by atoms with E-state index in [1.54, 1.807) is 7.11 Å². The first-order valence-electron chi connectivity index (χ1n) is 7.75. The minimum Gasteiger partial charge on any atom is -0.453 e. The van der Waals surface area contributed by atoms with Crippen LogP contribution in [0.5, 0.6) is 0 Å². The minimum absolute atomic E-state index is 0.0580. The van der Waals surface area contributed by atoms with E-state index in [1.165, 1.54) is 6.07 Å². The number of nitrogens with zero attached hydrogens (tertiary/aromatic N) is 1. The van der Waals surface area contributed by atoms with Crippen molar-refractivity contribution in [2.75, 3.05) is 25.6 Å². The van der Waals surface area contributed by atoms with Crippen LogP contribution in [0.15, 0.2) is 57.7 Å². The van der Waals surface area contributed by atoms with Gasteiger partial charge in [0.2, 0.25) is 0 Å². The van der Waals surface area contributed by atoms with Crippen molar-refractivity contribution in [1.29, 1.82) is 0 Å². The third kappa shape index (κ3) is 2.49. The maximum atomic E-state index is 12.3. The molecule has 1 heterocycles. The molecule has 1 aliphatic carbocycles. The van der Waals surface area contributed by atoms with Gasteiger partial charge in [0.05, 0.1) is 6.61 Å². The molecule has 0 spiro atoms. The Kier molecular flexibility index (Phi) is 3.63. The summed E-state index contributed by atoms with van der Waals surface area (Å²) in [5.41, 5.74) is 2.96. The van der Waals surface area contributed by atoms with Gasteiger partial charge in [-0.05, 0) is 12.1 Å². The molecular weight excluding hydrogens is 304 g/mol. The highest BCUT2D eigenvalue weighted by molar-refractivity contribution is 5.96. The quantitative estimate of drug-likeness (QED) is 0.354. The van der Waals surface area contributed by atoms with E-state index in [0.717, 1.165) is 16.6 Å². The number of ether oxygens (including phenoxy) is 1. The van der Waals surface area contributed by atoms with Crippen molar-refractivity contribution in [2.45, 2.75) is 0 Å². The fourth-order valence-corrected chi connectivity index (χ4v) is 2.83. The summed E-state index contributed by atoms with van der Waals surface area (Å²) in [7, 11) is 1.66. The van der Waals surface area contributed by atoms with Gasteiger partial charge in [-0.15, -0.1) is 0 Å². The van der Waals surface area contributed by atoms with Gasteiger partial charge in [0.15, 0.2) is 16.8 Å². The standard InChI is InChI=1S/C19H16N2O3/c1-23-9-8-20-12-6-7-15-17(10-12)24-18-11-16(22)13-4-2-3-5-14(13)19(18)21-15/h2-7,10-11,20H,8-9H2,1H3. The number of fused-ring (bicyclic) bond motifs is 4. The molecule has 0 unspecified atom stereocenters.